The summed E-state index contributed by atoms with van der Waals surface area (Å²) in [6.07, 6.45) is 3.05. The molecule has 5 nitrogen and oxygen atoms in total. The van der Waals surface area contributed by atoms with Gasteiger partial charge in [-0.3, -0.25) is 4.79 Å². The molecular formula is C18H23NO4. The zero-order valence-electron chi connectivity index (χ0n) is 13.9. The van der Waals surface area contributed by atoms with Gasteiger partial charge in [-0.2, -0.15) is 0 Å². The van der Waals surface area contributed by atoms with E-state index in [-0.39, 0.29) is 5.56 Å². The average molecular weight is 317 g/mol. The highest BCUT2D eigenvalue weighted by Crippen LogP contribution is 2.24. The Kier molecular flexibility index (Phi) is 5.79. The average Bonchev–Trinajstić information content (AvgIpc) is 2.55. The van der Waals surface area contributed by atoms with E-state index in [9.17, 15) is 9.59 Å². The second kappa shape index (κ2) is 7.81. The molecule has 1 unspecified atom stereocenters. The number of hydrogen-bond acceptors (Lipinski definition) is 4. The third kappa shape index (κ3) is 3.92. The van der Waals surface area contributed by atoms with Crippen molar-refractivity contribution in [1.82, 2.24) is 4.57 Å². The third-order valence-corrected chi connectivity index (χ3v) is 3.65. The van der Waals surface area contributed by atoms with Crippen LogP contribution in [0.2, 0.25) is 0 Å². The lowest BCUT2D eigenvalue weighted by atomic mass is 10.1. The van der Waals surface area contributed by atoms with E-state index >= 15 is 0 Å². The standard InChI is InChI=1S/C18H23NO4/c1-4-6-11-19-12-10-14-15(17(19)20)8-7-9-16(14)23-13(3)18(21)22-5-2/h7-10,12-13H,4-6,11H2,1-3H3. The number of fused-ring (bicyclic) bond motifs is 1. The fraction of sp³-hybridized carbons (Fsp3) is 0.444. The Morgan fingerprint density at radius 2 is 2.00 bits per heavy atom. The quantitative estimate of drug-likeness (QED) is 0.736. The van der Waals surface area contributed by atoms with Gasteiger partial charge in [-0.15, -0.1) is 0 Å². The molecule has 0 aliphatic rings. The van der Waals surface area contributed by atoms with E-state index in [4.69, 9.17) is 9.47 Å². The van der Waals surface area contributed by atoms with Crippen LogP contribution in [0.1, 0.15) is 33.6 Å². The molecule has 0 aliphatic heterocycles. The zero-order chi connectivity index (χ0) is 16.8. The molecule has 1 aromatic carbocycles. The number of ether oxygens (including phenoxy) is 2. The second-order valence-electron chi connectivity index (χ2n) is 5.40. The number of nitrogens with zero attached hydrogens (tertiary/aromatic N) is 1. The van der Waals surface area contributed by atoms with E-state index < -0.39 is 12.1 Å². The Balaban J connectivity index is 2.34. The first-order chi connectivity index (χ1) is 11.1. The minimum absolute atomic E-state index is 0.0369. The molecule has 0 spiro atoms. The Bertz CT molecular complexity index is 735. The molecule has 0 saturated heterocycles. The molecule has 0 aliphatic carbocycles. The largest absolute Gasteiger partial charge is 0.478 e. The summed E-state index contributed by atoms with van der Waals surface area (Å²) in [6.45, 7) is 6.50. The SMILES string of the molecule is CCCCn1ccc2c(OC(C)C(=O)OCC)cccc2c1=O. The molecule has 0 bridgehead atoms. The summed E-state index contributed by atoms with van der Waals surface area (Å²) in [4.78, 5) is 24.2. The Morgan fingerprint density at radius 3 is 2.70 bits per heavy atom. The van der Waals surface area contributed by atoms with Gasteiger partial charge in [-0.1, -0.05) is 19.4 Å². The molecule has 0 fully saturated rings. The first kappa shape index (κ1) is 17.1. The van der Waals surface area contributed by atoms with Crippen molar-refractivity contribution < 1.29 is 14.3 Å². The highest BCUT2D eigenvalue weighted by molar-refractivity contribution is 5.88. The molecule has 0 saturated carbocycles. The number of esters is 1. The van der Waals surface area contributed by atoms with Gasteiger partial charge < -0.3 is 14.0 Å². The fourth-order valence-corrected chi connectivity index (χ4v) is 2.39. The van der Waals surface area contributed by atoms with E-state index in [0.29, 0.717) is 29.7 Å². The van der Waals surface area contributed by atoms with Gasteiger partial charge in [0.05, 0.1) is 12.0 Å². The molecule has 2 aromatic rings. The van der Waals surface area contributed by atoms with Crippen LogP contribution in [0.3, 0.4) is 0 Å². The molecule has 124 valence electrons. The van der Waals surface area contributed by atoms with Gasteiger partial charge in [0.15, 0.2) is 6.10 Å². The van der Waals surface area contributed by atoms with Crippen LogP contribution >= 0.6 is 0 Å². The Labute approximate surface area is 135 Å². The van der Waals surface area contributed by atoms with Crippen LogP contribution in [0.4, 0.5) is 0 Å². The molecular weight excluding hydrogens is 294 g/mol. The number of pyridine rings is 1. The summed E-state index contributed by atoms with van der Waals surface area (Å²) >= 11 is 0. The minimum atomic E-state index is -0.719. The lowest BCUT2D eigenvalue weighted by Crippen LogP contribution is -2.26. The molecule has 2 rings (SSSR count). The predicted molar refractivity (Wildman–Crippen MR) is 89.8 cm³/mol. The fourth-order valence-electron chi connectivity index (χ4n) is 2.39. The van der Waals surface area contributed by atoms with Crippen LogP contribution in [0, 0.1) is 0 Å². The first-order valence-corrected chi connectivity index (χ1v) is 8.04. The van der Waals surface area contributed by atoms with E-state index in [0.717, 1.165) is 12.8 Å². The molecule has 5 heteroatoms. The zero-order valence-corrected chi connectivity index (χ0v) is 13.9. The van der Waals surface area contributed by atoms with Gasteiger partial charge in [0, 0.05) is 18.1 Å². The van der Waals surface area contributed by atoms with Crippen molar-refractivity contribution >= 4 is 16.7 Å². The van der Waals surface area contributed by atoms with Gasteiger partial charge in [0.25, 0.3) is 5.56 Å². The van der Waals surface area contributed by atoms with Crippen molar-refractivity contribution in [2.75, 3.05) is 6.61 Å². The van der Waals surface area contributed by atoms with Crippen molar-refractivity contribution in [1.29, 1.82) is 0 Å². The monoisotopic (exact) mass is 317 g/mol. The van der Waals surface area contributed by atoms with Gasteiger partial charge in [-0.05, 0) is 38.5 Å². The summed E-state index contributed by atoms with van der Waals surface area (Å²) in [6, 6.07) is 7.16. The van der Waals surface area contributed by atoms with Crippen LogP contribution in [0.25, 0.3) is 10.8 Å². The van der Waals surface area contributed by atoms with Gasteiger partial charge in [0.1, 0.15) is 5.75 Å². The summed E-state index contributed by atoms with van der Waals surface area (Å²) in [5.74, 6) is 0.101. The van der Waals surface area contributed by atoms with E-state index in [1.807, 2.05) is 6.07 Å². The van der Waals surface area contributed by atoms with Crippen LogP contribution in [-0.4, -0.2) is 23.2 Å². The van der Waals surface area contributed by atoms with Gasteiger partial charge in [-0.25, -0.2) is 4.79 Å². The van der Waals surface area contributed by atoms with Gasteiger partial charge >= 0.3 is 5.97 Å². The van der Waals surface area contributed by atoms with Crippen molar-refractivity contribution in [3.63, 3.8) is 0 Å². The second-order valence-corrected chi connectivity index (χ2v) is 5.40. The molecule has 1 heterocycles. The number of aromatic nitrogens is 1. The maximum absolute atomic E-state index is 12.5. The molecule has 1 atom stereocenters. The van der Waals surface area contributed by atoms with Crippen molar-refractivity contribution in [2.45, 2.75) is 46.3 Å². The lowest BCUT2D eigenvalue weighted by Gasteiger charge is -2.15. The summed E-state index contributed by atoms with van der Waals surface area (Å²) in [5, 5.41) is 1.30. The van der Waals surface area contributed by atoms with Crippen LogP contribution in [-0.2, 0) is 16.1 Å². The normalized spacial score (nSPS) is 12.1. The summed E-state index contributed by atoms with van der Waals surface area (Å²) in [5.41, 5.74) is -0.0369. The summed E-state index contributed by atoms with van der Waals surface area (Å²) in [7, 11) is 0. The predicted octanol–water partition coefficient (Wildman–Crippen LogP) is 3.13. The maximum Gasteiger partial charge on any atom is 0.347 e. The van der Waals surface area contributed by atoms with Crippen LogP contribution < -0.4 is 10.3 Å². The highest BCUT2D eigenvalue weighted by atomic mass is 16.6. The Morgan fingerprint density at radius 1 is 1.22 bits per heavy atom. The van der Waals surface area contributed by atoms with E-state index in [2.05, 4.69) is 6.92 Å². The highest BCUT2D eigenvalue weighted by Gasteiger charge is 2.17. The number of carbonyl (C=O) groups excluding carboxylic acids is 1. The number of hydrogen-bond donors (Lipinski definition) is 0. The smallest absolute Gasteiger partial charge is 0.347 e. The third-order valence-electron chi connectivity index (χ3n) is 3.65. The van der Waals surface area contributed by atoms with Crippen molar-refractivity contribution in [3.8, 4) is 5.75 Å². The lowest BCUT2D eigenvalue weighted by molar-refractivity contribution is -0.150. The van der Waals surface area contributed by atoms with E-state index in [1.54, 1.807) is 42.8 Å². The minimum Gasteiger partial charge on any atom is -0.478 e. The number of carbonyl (C=O) groups is 1. The molecule has 0 N–H and O–H groups in total. The van der Waals surface area contributed by atoms with Crippen molar-refractivity contribution in [2.24, 2.45) is 0 Å². The number of unbranched alkanes of at least 4 members (excludes halogenated alkanes) is 1. The molecule has 23 heavy (non-hydrogen) atoms. The van der Waals surface area contributed by atoms with Crippen LogP contribution in [0.5, 0.6) is 5.75 Å². The number of aryl methyl sites for hydroxylation is 1. The first-order valence-electron chi connectivity index (χ1n) is 8.04. The topological polar surface area (TPSA) is 57.5 Å². The van der Waals surface area contributed by atoms with Gasteiger partial charge in [0.2, 0.25) is 0 Å². The van der Waals surface area contributed by atoms with Crippen LogP contribution in [0.15, 0.2) is 35.3 Å². The Hall–Kier alpha value is -2.30. The molecule has 1 aromatic heterocycles. The maximum atomic E-state index is 12.5. The summed E-state index contributed by atoms with van der Waals surface area (Å²) < 4.78 is 12.4. The number of benzene rings is 1. The molecule has 0 radical (unpaired) electrons. The molecule has 0 amide bonds. The number of rotatable bonds is 7. The van der Waals surface area contributed by atoms with Crippen molar-refractivity contribution in [3.05, 3.63) is 40.8 Å². The van der Waals surface area contributed by atoms with E-state index in [1.165, 1.54) is 0 Å².